The maximum absolute atomic E-state index is 13.2. The van der Waals surface area contributed by atoms with E-state index in [1.807, 2.05) is 31.2 Å². The molecule has 0 unspecified atom stereocenters. The Bertz CT molecular complexity index is 1050. The Kier molecular flexibility index (Phi) is 5.29. The summed E-state index contributed by atoms with van der Waals surface area (Å²) in [6.45, 7) is 3.49. The van der Waals surface area contributed by atoms with Gasteiger partial charge in [0.1, 0.15) is 17.8 Å². The minimum absolute atomic E-state index is 0.0191. The van der Waals surface area contributed by atoms with Crippen molar-refractivity contribution in [3.05, 3.63) is 53.5 Å². The van der Waals surface area contributed by atoms with E-state index < -0.39 is 0 Å². The monoisotopic (exact) mass is 391 g/mol. The van der Waals surface area contributed by atoms with Gasteiger partial charge in [-0.05, 0) is 38.2 Å². The molecule has 1 fully saturated rings. The average Bonchev–Trinajstić information content (AvgIpc) is 3.14. The molecule has 150 valence electrons. The molecule has 7 heteroatoms. The number of hydrogen-bond donors (Lipinski definition) is 3. The normalized spacial score (nSPS) is 19.1. The third-order valence-corrected chi connectivity index (χ3v) is 5.58. The van der Waals surface area contributed by atoms with Gasteiger partial charge in [-0.1, -0.05) is 24.3 Å². The molecule has 3 aromatic rings. The van der Waals surface area contributed by atoms with Gasteiger partial charge in [-0.15, -0.1) is 0 Å². The summed E-state index contributed by atoms with van der Waals surface area (Å²) >= 11 is 0. The minimum Gasteiger partial charge on any atom is -0.367 e. The van der Waals surface area contributed by atoms with Crippen LogP contribution in [0.15, 0.2) is 36.8 Å². The second-order valence-electron chi connectivity index (χ2n) is 7.69. The second kappa shape index (κ2) is 8.03. The van der Waals surface area contributed by atoms with Crippen LogP contribution in [-0.4, -0.2) is 38.7 Å². The van der Waals surface area contributed by atoms with Crippen LogP contribution in [0.2, 0.25) is 0 Å². The molecule has 29 heavy (non-hydrogen) atoms. The summed E-state index contributed by atoms with van der Waals surface area (Å²) in [6, 6.07) is 8.06. The van der Waals surface area contributed by atoms with E-state index in [-0.39, 0.29) is 23.8 Å². The highest BCUT2D eigenvalue weighted by atomic mass is 16.1. The number of carbonyl (C=O) groups excluding carboxylic acids is 2. The fourth-order valence-electron chi connectivity index (χ4n) is 4.09. The Balaban J connectivity index is 1.58. The fraction of sp³-hybridized carbons (Fsp3) is 0.364. The van der Waals surface area contributed by atoms with Crippen molar-refractivity contribution in [1.82, 2.24) is 20.3 Å². The lowest BCUT2D eigenvalue weighted by molar-refractivity contribution is -0.119. The quantitative estimate of drug-likeness (QED) is 0.579. The molecule has 1 aromatic carbocycles. The minimum atomic E-state index is -0.0402. The van der Waals surface area contributed by atoms with Gasteiger partial charge in [0.15, 0.2) is 5.78 Å². The van der Waals surface area contributed by atoms with Crippen molar-refractivity contribution in [3.63, 3.8) is 0 Å². The summed E-state index contributed by atoms with van der Waals surface area (Å²) in [5, 5.41) is 7.23. The van der Waals surface area contributed by atoms with Crippen LogP contribution < -0.4 is 10.6 Å². The first-order valence-corrected chi connectivity index (χ1v) is 9.99. The third-order valence-electron chi connectivity index (χ3n) is 5.58. The SMILES string of the molecule is CC(=O)N[C@H]1CC[C@@H](Nc2ncnc3[nH]cc(C(=O)c4ccccc4C)c23)CC1. The van der Waals surface area contributed by atoms with Gasteiger partial charge in [0, 0.05) is 30.8 Å². The van der Waals surface area contributed by atoms with Crippen molar-refractivity contribution in [1.29, 1.82) is 0 Å². The zero-order chi connectivity index (χ0) is 20.4. The predicted octanol–water partition coefficient (Wildman–Crippen LogP) is 3.36. The number of aryl methyl sites for hydroxylation is 1. The second-order valence-corrected chi connectivity index (χ2v) is 7.69. The summed E-state index contributed by atoms with van der Waals surface area (Å²) in [7, 11) is 0. The van der Waals surface area contributed by atoms with Crippen molar-refractivity contribution < 1.29 is 9.59 Å². The number of nitrogens with zero attached hydrogens (tertiary/aromatic N) is 2. The molecule has 0 atom stereocenters. The van der Waals surface area contributed by atoms with E-state index in [2.05, 4.69) is 25.6 Å². The number of carbonyl (C=O) groups is 2. The van der Waals surface area contributed by atoms with E-state index in [9.17, 15) is 9.59 Å². The molecule has 7 nitrogen and oxygen atoms in total. The Morgan fingerprint density at radius 2 is 1.76 bits per heavy atom. The molecule has 1 aliphatic carbocycles. The summed E-state index contributed by atoms with van der Waals surface area (Å²) in [5.41, 5.74) is 2.84. The van der Waals surface area contributed by atoms with E-state index >= 15 is 0 Å². The van der Waals surface area contributed by atoms with Crippen molar-refractivity contribution in [2.75, 3.05) is 5.32 Å². The van der Waals surface area contributed by atoms with E-state index in [1.165, 1.54) is 6.33 Å². The number of anilines is 1. The third kappa shape index (κ3) is 3.99. The lowest BCUT2D eigenvalue weighted by atomic mass is 9.91. The Morgan fingerprint density at radius 1 is 1.03 bits per heavy atom. The Hall–Kier alpha value is -3.22. The number of amides is 1. The van der Waals surface area contributed by atoms with Gasteiger partial charge >= 0.3 is 0 Å². The standard InChI is InChI=1S/C22H25N5O2/c1-13-5-3-4-6-17(13)20(29)18-11-23-21-19(18)22(25-12-24-21)27-16-9-7-15(8-10-16)26-14(2)28/h3-6,11-12,15-16H,7-10H2,1-2H3,(H,26,28)(H2,23,24,25,27)/t15-,16+. The number of H-pyrrole nitrogens is 1. The smallest absolute Gasteiger partial charge is 0.217 e. The number of benzene rings is 1. The number of fused-ring (bicyclic) bond motifs is 1. The van der Waals surface area contributed by atoms with E-state index in [1.54, 1.807) is 13.1 Å². The van der Waals surface area contributed by atoms with Gasteiger partial charge in [-0.2, -0.15) is 0 Å². The van der Waals surface area contributed by atoms with Crippen molar-refractivity contribution in [3.8, 4) is 0 Å². The van der Waals surface area contributed by atoms with Crippen LogP contribution in [0.4, 0.5) is 5.82 Å². The maximum Gasteiger partial charge on any atom is 0.217 e. The van der Waals surface area contributed by atoms with Gasteiger partial charge < -0.3 is 15.6 Å². The summed E-state index contributed by atoms with van der Waals surface area (Å²) in [5.74, 6) is 0.656. The largest absolute Gasteiger partial charge is 0.367 e. The topological polar surface area (TPSA) is 99.8 Å². The highest BCUT2D eigenvalue weighted by molar-refractivity contribution is 6.18. The zero-order valence-electron chi connectivity index (χ0n) is 16.7. The molecule has 2 heterocycles. The van der Waals surface area contributed by atoms with E-state index in [0.717, 1.165) is 36.6 Å². The zero-order valence-corrected chi connectivity index (χ0v) is 16.7. The molecule has 2 aromatic heterocycles. The molecule has 3 N–H and O–H groups in total. The first-order valence-electron chi connectivity index (χ1n) is 9.99. The molecule has 0 bridgehead atoms. The van der Waals surface area contributed by atoms with Crippen LogP contribution in [-0.2, 0) is 4.79 Å². The number of aromatic amines is 1. The maximum atomic E-state index is 13.2. The van der Waals surface area contributed by atoms with Gasteiger partial charge in [-0.25, -0.2) is 9.97 Å². The highest BCUT2D eigenvalue weighted by Gasteiger charge is 2.24. The van der Waals surface area contributed by atoms with Gasteiger partial charge in [0.25, 0.3) is 0 Å². The molecule has 0 aliphatic heterocycles. The summed E-state index contributed by atoms with van der Waals surface area (Å²) < 4.78 is 0. The number of hydrogen-bond acceptors (Lipinski definition) is 5. The average molecular weight is 391 g/mol. The van der Waals surface area contributed by atoms with Crippen molar-refractivity contribution >= 4 is 28.5 Å². The van der Waals surface area contributed by atoms with Crippen LogP contribution in [0, 0.1) is 6.92 Å². The van der Waals surface area contributed by atoms with E-state index in [0.29, 0.717) is 22.6 Å². The first-order chi connectivity index (χ1) is 14.0. The molecule has 1 saturated carbocycles. The number of nitrogens with one attached hydrogen (secondary N) is 3. The molecule has 0 saturated heterocycles. The van der Waals surface area contributed by atoms with Crippen LogP contribution in [0.25, 0.3) is 11.0 Å². The number of ketones is 1. The van der Waals surface area contributed by atoms with Crippen LogP contribution in [0.1, 0.15) is 54.1 Å². The highest BCUT2D eigenvalue weighted by Crippen LogP contribution is 2.29. The van der Waals surface area contributed by atoms with Gasteiger partial charge in [0.2, 0.25) is 5.91 Å². The molecule has 1 aliphatic rings. The Morgan fingerprint density at radius 3 is 2.48 bits per heavy atom. The molecule has 0 spiro atoms. The van der Waals surface area contributed by atoms with Gasteiger partial charge in [0.05, 0.1) is 10.9 Å². The molecule has 4 rings (SSSR count). The lowest BCUT2D eigenvalue weighted by Crippen LogP contribution is -2.39. The predicted molar refractivity (Wildman–Crippen MR) is 112 cm³/mol. The lowest BCUT2D eigenvalue weighted by Gasteiger charge is -2.29. The molecular weight excluding hydrogens is 366 g/mol. The number of rotatable bonds is 5. The molecule has 1 amide bonds. The number of aromatic nitrogens is 3. The van der Waals surface area contributed by atoms with Crippen molar-refractivity contribution in [2.45, 2.75) is 51.6 Å². The van der Waals surface area contributed by atoms with E-state index in [4.69, 9.17) is 0 Å². The van der Waals surface area contributed by atoms with Gasteiger partial charge in [-0.3, -0.25) is 9.59 Å². The van der Waals surface area contributed by atoms with Crippen LogP contribution in [0.5, 0.6) is 0 Å². The van der Waals surface area contributed by atoms with Crippen LogP contribution in [0.3, 0.4) is 0 Å². The molecular formula is C22H25N5O2. The first kappa shape index (κ1) is 19.1. The fourth-order valence-corrected chi connectivity index (χ4v) is 4.09. The van der Waals surface area contributed by atoms with Crippen molar-refractivity contribution in [2.24, 2.45) is 0 Å². The summed E-state index contributed by atoms with van der Waals surface area (Å²) in [4.78, 5) is 36.3. The Labute approximate surface area is 169 Å². The summed E-state index contributed by atoms with van der Waals surface area (Å²) in [6.07, 6.45) is 6.93. The molecule has 0 radical (unpaired) electrons. The van der Waals surface area contributed by atoms with Crippen LogP contribution >= 0.6 is 0 Å².